The summed E-state index contributed by atoms with van der Waals surface area (Å²) in [5.74, 6) is 0.0684. The summed E-state index contributed by atoms with van der Waals surface area (Å²) in [6, 6.07) is 14.8. The number of anilines is 1. The molecule has 6 heteroatoms. The third-order valence-corrected chi connectivity index (χ3v) is 4.37. The molecule has 2 amide bonds. The molecule has 0 bridgehead atoms. The molecule has 29 heavy (non-hydrogen) atoms. The molecule has 0 aliphatic carbocycles. The molecule has 0 aliphatic heterocycles. The molecule has 0 atom stereocenters. The van der Waals surface area contributed by atoms with Gasteiger partial charge in [-0.3, -0.25) is 14.6 Å². The van der Waals surface area contributed by atoms with E-state index in [0.717, 1.165) is 16.7 Å². The normalized spacial score (nSPS) is 10.3. The lowest BCUT2D eigenvalue weighted by Gasteiger charge is -2.10. The molecule has 2 aromatic carbocycles. The second-order valence-electron chi connectivity index (χ2n) is 6.79. The summed E-state index contributed by atoms with van der Waals surface area (Å²) in [5.41, 5.74) is 4.31. The quantitative estimate of drug-likeness (QED) is 0.670. The predicted octanol–water partition coefficient (Wildman–Crippen LogP) is 3.89. The number of carbonyl (C=O) groups is 2. The number of carbonyl (C=O) groups excluding carboxylic acids is 2. The topological polar surface area (TPSA) is 80.3 Å². The smallest absolute Gasteiger partial charge is 0.257 e. The molecule has 0 fully saturated rings. The second-order valence-corrected chi connectivity index (χ2v) is 6.79. The van der Waals surface area contributed by atoms with Crippen molar-refractivity contribution in [2.24, 2.45) is 0 Å². The molecule has 0 saturated heterocycles. The molecule has 0 spiro atoms. The highest BCUT2D eigenvalue weighted by atomic mass is 16.5. The van der Waals surface area contributed by atoms with Crippen LogP contribution in [0.1, 0.15) is 37.4 Å². The molecule has 0 unspecified atom stereocenters. The molecule has 0 saturated carbocycles. The molecule has 3 rings (SSSR count). The van der Waals surface area contributed by atoms with Gasteiger partial charge in [0.15, 0.2) is 0 Å². The fraction of sp³-hybridized carbons (Fsp3) is 0.174. The highest BCUT2D eigenvalue weighted by Crippen LogP contribution is 2.17. The molecule has 6 nitrogen and oxygen atoms in total. The van der Waals surface area contributed by atoms with Gasteiger partial charge < -0.3 is 15.4 Å². The number of pyridine rings is 1. The van der Waals surface area contributed by atoms with E-state index in [4.69, 9.17) is 4.74 Å². The summed E-state index contributed by atoms with van der Waals surface area (Å²) >= 11 is 0. The van der Waals surface area contributed by atoms with E-state index in [-0.39, 0.29) is 11.8 Å². The first-order valence-electron chi connectivity index (χ1n) is 9.21. The Bertz CT molecular complexity index is 1030. The van der Waals surface area contributed by atoms with Gasteiger partial charge in [0, 0.05) is 30.2 Å². The zero-order chi connectivity index (χ0) is 20.8. The number of benzene rings is 2. The van der Waals surface area contributed by atoms with E-state index in [2.05, 4.69) is 15.6 Å². The van der Waals surface area contributed by atoms with Crippen LogP contribution in [0.15, 0.2) is 60.9 Å². The average molecular weight is 389 g/mol. The number of aromatic nitrogens is 1. The van der Waals surface area contributed by atoms with E-state index < -0.39 is 0 Å². The minimum atomic E-state index is -0.318. The van der Waals surface area contributed by atoms with Crippen LogP contribution in [0.5, 0.6) is 5.75 Å². The Labute approximate surface area is 169 Å². The molecule has 3 aromatic rings. The van der Waals surface area contributed by atoms with Gasteiger partial charge >= 0.3 is 0 Å². The van der Waals surface area contributed by atoms with E-state index in [0.29, 0.717) is 29.1 Å². The number of hydrogen-bond acceptors (Lipinski definition) is 4. The summed E-state index contributed by atoms with van der Waals surface area (Å²) < 4.78 is 5.29. The third kappa shape index (κ3) is 5.19. The first kappa shape index (κ1) is 20.1. The number of amides is 2. The van der Waals surface area contributed by atoms with Crippen LogP contribution in [0.2, 0.25) is 0 Å². The number of aryl methyl sites for hydroxylation is 2. The second kappa shape index (κ2) is 9.01. The maximum Gasteiger partial charge on any atom is 0.257 e. The lowest BCUT2D eigenvalue weighted by molar-refractivity contribution is 0.0950. The van der Waals surface area contributed by atoms with Crippen molar-refractivity contribution in [3.05, 3.63) is 88.7 Å². The third-order valence-electron chi connectivity index (χ3n) is 4.37. The van der Waals surface area contributed by atoms with Gasteiger partial charge in [-0.1, -0.05) is 24.3 Å². The highest BCUT2D eigenvalue weighted by Gasteiger charge is 2.13. The first-order chi connectivity index (χ1) is 14.0. The standard InChI is InChI=1S/C23H23N3O3/c1-15-8-16(2)10-20(9-15)26-23(28)19-11-18(12-24-13-19)22(27)25-14-17-6-4-5-7-21(17)29-3/h4-13H,14H2,1-3H3,(H,25,27)(H,26,28). The lowest BCUT2D eigenvalue weighted by Crippen LogP contribution is -2.24. The van der Waals surface area contributed by atoms with Crippen LogP contribution >= 0.6 is 0 Å². The minimum Gasteiger partial charge on any atom is -0.496 e. The SMILES string of the molecule is COc1ccccc1CNC(=O)c1cncc(C(=O)Nc2cc(C)cc(C)c2)c1. The number of nitrogens with one attached hydrogen (secondary N) is 2. The zero-order valence-electron chi connectivity index (χ0n) is 16.7. The Balaban J connectivity index is 1.69. The molecule has 0 aliphatic rings. The van der Waals surface area contributed by atoms with Gasteiger partial charge in [-0.15, -0.1) is 0 Å². The summed E-state index contributed by atoms with van der Waals surface area (Å²) in [4.78, 5) is 29.1. The van der Waals surface area contributed by atoms with Crippen molar-refractivity contribution in [1.29, 1.82) is 0 Å². The summed E-state index contributed by atoms with van der Waals surface area (Å²) in [6.45, 7) is 4.25. The number of para-hydroxylation sites is 1. The van der Waals surface area contributed by atoms with Gasteiger partial charge in [0.05, 0.1) is 18.2 Å². The van der Waals surface area contributed by atoms with Crippen LogP contribution in [0.4, 0.5) is 5.69 Å². The summed E-state index contributed by atoms with van der Waals surface area (Å²) in [6.07, 6.45) is 2.88. The van der Waals surface area contributed by atoms with Gasteiger partial charge in [0.1, 0.15) is 5.75 Å². The molecule has 0 radical (unpaired) electrons. The Kier molecular flexibility index (Phi) is 6.24. The fourth-order valence-electron chi connectivity index (χ4n) is 3.06. The predicted molar refractivity (Wildman–Crippen MR) is 112 cm³/mol. The van der Waals surface area contributed by atoms with Crippen LogP contribution in [-0.2, 0) is 6.54 Å². The van der Waals surface area contributed by atoms with Crippen molar-refractivity contribution in [1.82, 2.24) is 10.3 Å². The summed E-state index contributed by atoms with van der Waals surface area (Å²) in [7, 11) is 1.59. The fourth-order valence-corrected chi connectivity index (χ4v) is 3.06. The summed E-state index contributed by atoms with van der Waals surface area (Å²) in [5, 5.41) is 5.68. The molecule has 1 aromatic heterocycles. The van der Waals surface area contributed by atoms with Crippen molar-refractivity contribution in [2.75, 3.05) is 12.4 Å². The zero-order valence-corrected chi connectivity index (χ0v) is 16.7. The van der Waals surface area contributed by atoms with Crippen LogP contribution in [0.3, 0.4) is 0 Å². The Morgan fingerprint density at radius 1 is 0.931 bits per heavy atom. The van der Waals surface area contributed by atoms with E-state index >= 15 is 0 Å². The van der Waals surface area contributed by atoms with Crippen LogP contribution < -0.4 is 15.4 Å². The van der Waals surface area contributed by atoms with E-state index in [1.807, 2.05) is 56.3 Å². The van der Waals surface area contributed by atoms with Crippen molar-refractivity contribution >= 4 is 17.5 Å². The molecular weight excluding hydrogens is 366 g/mol. The van der Waals surface area contributed by atoms with E-state index in [1.54, 1.807) is 7.11 Å². The van der Waals surface area contributed by atoms with E-state index in [9.17, 15) is 9.59 Å². The molecule has 148 valence electrons. The maximum absolute atomic E-state index is 12.6. The number of rotatable bonds is 6. The Hall–Kier alpha value is -3.67. The van der Waals surface area contributed by atoms with Gasteiger partial charge in [-0.2, -0.15) is 0 Å². The van der Waals surface area contributed by atoms with Crippen molar-refractivity contribution in [3.8, 4) is 5.75 Å². The maximum atomic E-state index is 12.6. The number of ether oxygens (including phenoxy) is 1. The van der Waals surface area contributed by atoms with Gasteiger partial charge in [0.25, 0.3) is 11.8 Å². The number of nitrogens with zero attached hydrogens (tertiary/aromatic N) is 1. The number of hydrogen-bond donors (Lipinski definition) is 2. The highest BCUT2D eigenvalue weighted by molar-refractivity contribution is 6.05. The van der Waals surface area contributed by atoms with Gasteiger partial charge in [0.2, 0.25) is 0 Å². The minimum absolute atomic E-state index is 0.307. The Morgan fingerprint density at radius 2 is 1.59 bits per heavy atom. The van der Waals surface area contributed by atoms with Crippen molar-refractivity contribution in [3.63, 3.8) is 0 Å². The van der Waals surface area contributed by atoms with Gasteiger partial charge in [-0.25, -0.2) is 0 Å². The first-order valence-corrected chi connectivity index (χ1v) is 9.21. The molecular formula is C23H23N3O3. The lowest BCUT2D eigenvalue weighted by atomic mass is 10.1. The average Bonchev–Trinajstić information content (AvgIpc) is 2.71. The monoisotopic (exact) mass is 389 g/mol. The van der Waals surface area contributed by atoms with Crippen LogP contribution in [0, 0.1) is 13.8 Å². The number of methoxy groups -OCH3 is 1. The van der Waals surface area contributed by atoms with E-state index in [1.165, 1.54) is 18.5 Å². The largest absolute Gasteiger partial charge is 0.496 e. The molecule has 1 heterocycles. The van der Waals surface area contributed by atoms with Crippen LogP contribution in [-0.4, -0.2) is 23.9 Å². The Morgan fingerprint density at radius 3 is 2.28 bits per heavy atom. The van der Waals surface area contributed by atoms with Crippen molar-refractivity contribution < 1.29 is 14.3 Å². The molecule has 2 N–H and O–H groups in total. The van der Waals surface area contributed by atoms with Gasteiger partial charge in [-0.05, 0) is 49.2 Å². The van der Waals surface area contributed by atoms with Crippen LogP contribution in [0.25, 0.3) is 0 Å². The van der Waals surface area contributed by atoms with Crippen molar-refractivity contribution in [2.45, 2.75) is 20.4 Å².